The molecular weight excluding hydrogens is 346 g/mol. The number of carbonyl (C=O) groups excluding carboxylic acids is 1. The molecule has 1 amide bonds. The third kappa shape index (κ3) is 3.46. The largest absolute Gasteiger partial charge is 0.380 e. The van der Waals surface area contributed by atoms with Crippen LogP contribution in [0.1, 0.15) is 16.8 Å². The average molecular weight is 366 g/mol. The highest BCUT2D eigenvalue weighted by Crippen LogP contribution is 2.31. The quantitative estimate of drug-likeness (QED) is 0.638. The normalized spacial score (nSPS) is 15.0. The molecule has 3 nitrogen and oxygen atoms in total. The fraction of sp³-hybridized carbons (Fsp3) is 0.227. The number of halogens is 1. The minimum absolute atomic E-state index is 0.0746. The summed E-state index contributed by atoms with van der Waals surface area (Å²) in [5.41, 5.74) is 2.92. The monoisotopic (exact) mass is 365 g/mol. The van der Waals surface area contributed by atoms with E-state index in [0.29, 0.717) is 13.2 Å². The molecule has 4 heteroatoms. The van der Waals surface area contributed by atoms with E-state index in [1.807, 2.05) is 53.4 Å². The molecule has 0 atom stereocenters. The van der Waals surface area contributed by atoms with Gasteiger partial charge in [0.15, 0.2) is 0 Å². The molecule has 1 fully saturated rings. The van der Waals surface area contributed by atoms with Crippen molar-refractivity contribution >= 4 is 28.3 Å². The van der Waals surface area contributed by atoms with E-state index in [9.17, 15) is 4.79 Å². The molecule has 0 unspecified atom stereocenters. The second kappa shape index (κ2) is 7.48. The number of fused-ring (bicyclic) bond motifs is 1. The number of rotatable bonds is 2. The third-order valence-corrected chi connectivity index (χ3v) is 5.01. The SMILES string of the molecule is O=C(c1ccc2c(-c3cccc(Cl)c3)cccc2c1)N1CCCOCC1. The molecule has 0 aromatic heterocycles. The second-order valence-corrected chi connectivity index (χ2v) is 6.95. The maximum absolute atomic E-state index is 12.8. The molecule has 3 aromatic rings. The minimum Gasteiger partial charge on any atom is -0.380 e. The Balaban J connectivity index is 1.71. The first-order valence-electron chi connectivity index (χ1n) is 8.88. The van der Waals surface area contributed by atoms with E-state index in [0.717, 1.165) is 52.1 Å². The zero-order valence-corrected chi connectivity index (χ0v) is 15.2. The van der Waals surface area contributed by atoms with Gasteiger partial charge in [0, 0.05) is 30.3 Å². The highest BCUT2D eigenvalue weighted by molar-refractivity contribution is 6.30. The number of ether oxygens (including phenoxy) is 1. The standard InChI is InChI=1S/C22H20ClNO2/c23-19-6-1-4-17(15-19)20-7-2-5-16-14-18(8-9-21(16)20)22(25)24-10-3-12-26-13-11-24/h1-2,4-9,14-15H,3,10-13H2. The number of amides is 1. The fourth-order valence-electron chi connectivity index (χ4n) is 3.46. The fourth-order valence-corrected chi connectivity index (χ4v) is 3.65. The van der Waals surface area contributed by atoms with Gasteiger partial charge in [-0.05, 0) is 52.6 Å². The Kier molecular flexibility index (Phi) is 4.91. The number of benzene rings is 3. The maximum atomic E-state index is 12.8. The molecule has 0 bridgehead atoms. The minimum atomic E-state index is 0.0746. The predicted molar refractivity (Wildman–Crippen MR) is 106 cm³/mol. The van der Waals surface area contributed by atoms with Crippen molar-refractivity contribution in [2.45, 2.75) is 6.42 Å². The Hall–Kier alpha value is -2.36. The van der Waals surface area contributed by atoms with E-state index in [2.05, 4.69) is 12.1 Å². The first-order valence-corrected chi connectivity index (χ1v) is 9.26. The maximum Gasteiger partial charge on any atom is 0.253 e. The third-order valence-electron chi connectivity index (χ3n) is 4.77. The van der Waals surface area contributed by atoms with Crippen LogP contribution in [0.25, 0.3) is 21.9 Å². The lowest BCUT2D eigenvalue weighted by Gasteiger charge is -2.20. The van der Waals surface area contributed by atoms with Crippen LogP contribution in [-0.4, -0.2) is 37.1 Å². The van der Waals surface area contributed by atoms with Crippen LogP contribution in [0, 0.1) is 0 Å². The number of hydrogen-bond acceptors (Lipinski definition) is 2. The van der Waals surface area contributed by atoms with Gasteiger partial charge in [0.1, 0.15) is 0 Å². The highest BCUT2D eigenvalue weighted by Gasteiger charge is 2.18. The van der Waals surface area contributed by atoms with Gasteiger partial charge >= 0.3 is 0 Å². The molecule has 0 radical (unpaired) electrons. The molecule has 4 rings (SSSR count). The van der Waals surface area contributed by atoms with Gasteiger partial charge in [-0.25, -0.2) is 0 Å². The van der Waals surface area contributed by atoms with Crippen molar-refractivity contribution in [2.24, 2.45) is 0 Å². The molecule has 0 N–H and O–H groups in total. The Morgan fingerprint density at radius 3 is 2.73 bits per heavy atom. The summed E-state index contributed by atoms with van der Waals surface area (Å²) in [7, 11) is 0. The molecule has 0 aliphatic carbocycles. The van der Waals surface area contributed by atoms with Crippen LogP contribution in [-0.2, 0) is 4.74 Å². The number of carbonyl (C=O) groups is 1. The highest BCUT2D eigenvalue weighted by atomic mass is 35.5. The van der Waals surface area contributed by atoms with E-state index < -0.39 is 0 Å². The zero-order chi connectivity index (χ0) is 17.9. The molecule has 3 aromatic carbocycles. The van der Waals surface area contributed by atoms with Gasteiger partial charge in [-0.1, -0.05) is 48.0 Å². The molecule has 1 heterocycles. The lowest BCUT2D eigenvalue weighted by atomic mass is 9.97. The van der Waals surface area contributed by atoms with Crippen molar-refractivity contribution < 1.29 is 9.53 Å². The van der Waals surface area contributed by atoms with Gasteiger partial charge in [0.05, 0.1) is 6.61 Å². The second-order valence-electron chi connectivity index (χ2n) is 6.51. The van der Waals surface area contributed by atoms with Crippen LogP contribution in [0.5, 0.6) is 0 Å². The van der Waals surface area contributed by atoms with Crippen molar-refractivity contribution in [3.63, 3.8) is 0 Å². The molecule has 1 saturated heterocycles. The van der Waals surface area contributed by atoms with Gasteiger partial charge in [-0.2, -0.15) is 0 Å². The van der Waals surface area contributed by atoms with Crippen LogP contribution in [0.15, 0.2) is 60.7 Å². The Morgan fingerprint density at radius 2 is 1.85 bits per heavy atom. The van der Waals surface area contributed by atoms with Gasteiger partial charge in [0.2, 0.25) is 0 Å². The first kappa shape index (κ1) is 17.1. The summed E-state index contributed by atoms with van der Waals surface area (Å²) in [6, 6.07) is 19.9. The van der Waals surface area contributed by atoms with E-state index in [1.54, 1.807) is 0 Å². The predicted octanol–water partition coefficient (Wildman–Crippen LogP) is 5.02. The molecule has 132 valence electrons. The summed E-state index contributed by atoms with van der Waals surface area (Å²) >= 11 is 6.15. The van der Waals surface area contributed by atoms with Gasteiger partial charge < -0.3 is 9.64 Å². The van der Waals surface area contributed by atoms with Crippen LogP contribution in [0.4, 0.5) is 0 Å². The molecule has 26 heavy (non-hydrogen) atoms. The smallest absolute Gasteiger partial charge is 0.253 e. The summed E-state index contributed by atoms with van der Waals surface area (Å²) < 4.78 is 5.45. The average Bonchev–Trinajstić information content (AvgIpc) is 2.96. The summed E-state index contributed by atoms with van der Waals surface area (Å²) in [5.74, 6) is 0.0746. The summed E-state index contributed by atoms with van der Waals surface area (Å²) in [6.07, 6.45) is 0.887. The summed E-state index contributed by atoms with van der Waals surface area (Å²) in [4.78, 5) is 14.7. The van der Waals surface area contributed by atoms with E-state index in [1.165, 1.54) is 0 Å². The van der Waals surface area contributed by atoms with Crippen molar-refractivity contribution in [3.05, 3.63) is 71.2 Å². The van der Waals surface area contributed by atoms with Crippen LogP contribution in [0.2, 0.25) is 5.02 Å². The lowest BCUT2D eigenvalue weighted by molar-refractivity contribution is 0.0741. The molecule has 1 aliphatic rings. The van der Waals surface area contributed by atoms with E-state index >= 15 is 0 Å². The van der Waals surface area contributed by atoms with Crippen LogP contribution in [0.3, 0.4) is 0 Å². The van der Waals surface area contributed by atoms with Gasteiger partial charge in [-0.15, -0.1) is 0 Å². The Labute approximate surface area is 158 Å². The topological polar surface area (TPSA) is 29.5 Å². The van der Waals surface area contributed by atoms with Gasteiger partial charge in [-0.3, -0.25) is 4.79 Å². The van der Waals surface area contributed by atoms with Crippen molar-refractivity contribution in [1.29, 1.82) is 0 Å². The van der Waals surface area contributed by atoms with E-state index in [4.69, 9.17) is 16.3 Å². The number of nitrogens with zero attached hydrogens (tertiary/aromatic N) is 1. The molecule has 0 spiro atoms. The Bertz CT molecular complexity index is 946. The Morgan fingerprint density at radius 1 is 0.962 bits per heavy atom. The van der Waals surface area contributed by atoms with Crippen molar-refractivity contribution in [1.82, 2.24) is 4.90 Å². The van der Waals surface area contributed by atoms with Crippen molar-refractivity contribution in [3.8, 4) is 11.1 Å². The van der Waals surface area contributed by atoms with Crippen LogP contribution < -0.4 is 0 Å². The summed E-state index contributed by atoms with van der Waals surface area (Å²) in [5, 5.41) is 2.89. The lowest BCUT2D eigenvalue weighted by Crippen LogP contribution is -2.33. The van der Waals surface area contributed by atoms with Gasteiger partial charge in [0.25, 0.3) is 5.91 Å². The molecule has 0 saturated carbocycles. The van der Waals surface area contributed by atoms with E-state index in [-0.39, 0.29) is 5.91 Å². The van der Waals surface area contributed by atoms with Crippen LogP contribution >= 0.6 is 11.6 Å². The number of hydrogen-bond donors (Lipinski definition) is 0. The first-order chi connectivity index (χ1) is 12.7. The molecule has 1 aliphatic heterocycles. The van der Waals surface area contributed by atoms with Crippen molar-refractivity contribution in [2.75, 3.05) is 26.3 Å². The molecular formula is C22H20ClNO2. The summed E-state index contributed by atoms with van der Waals surface area (Å²) in [6.45, 7) is 2.74. The zero-order valence-electron chi connectivity index (χ0n) is 14.5.